The standard InChI is InChI=1S/C16H24N2O/c1-4-18(3)16(19)11-17-15-9-14(10-15)13-7-5-12(2)6-8-13/h5-8,14-15,17H,4,9-11H2,1-3H3. The van der Waals surface area contributed by atoms with Crippen LogP contribution in [0.4, 0.5) is 0 Å². The van der Waals surface area contributed by atoms with E-state index in [1.165, 1.54) is 11.1 Å². The first-order chi connectivity index (χ1) is 9.10. The highest BCUT2D eigenvalue weighted by molar-refractivity contribution is 5.77. The number of benzene rings is 1. The average Bonchev–Trinajstić information content (AvgIpc) is 2.37. The SMILES string of the molecule is CCN(C)C(=O)CNC1CC(c2ccc(C)cc2)C1. The Labute approximate surface area is 116 Å². The number of likely N-dealkylation sites (N-methyl/N-ethyl adjacent to an activating group) is 1. The van der Waals surface area contributed by atoms with Crippen LogP contribution < -0.4 is 5.32 Å². The fourth-order valence-corrected chi connectivity index (χ4v) is 2.44. The van der Waals surface area contributed by atoms with Crippen molar-refractivity contribution in [3.8, 4) is 0 Å². The Hall–Kier alpha value is -1.35. The highest BCUT2D eigenvalue weighted by atomic mass is 16.2. The molecule has 1 aromatic rings. The van der Waals surface area contributed by atoms with Gasteiger partial charge in [-0.3, -0.25) is 4.79 Å². The van der Waals surface area contributed by atoms with Crippen molar-refractivity contribution >= 4 is 5.91 Å². The summed E-state index contributed by atoms with van der Waals surface area (Å²) < 4.78 is 0. The summed E-state index contributed by atoms with van der Waals surface area (Å²) in [5.41, 5.74) is 2.74. The molecule has 1 saturated carbocycles. The van der Waals surface area contributed by atoms with E-state index in [0.717, 1.165) is 19.4 Å². The van der Waals surface area contributed by atoms with E-state index in [2.05, 4.69) is 36.5 Å². The molecule has 3 heteroatoms. The topological polar surface area (TPSA) is 32.3 Å². The van der Waals surface area contributed by atoms with E-state index in [1.807, 2.05) is 14.0 Å². The van der Waals surface area contributed by atoms with Gasteiger partial charge in [0.2, 0.25) is 5.91 Å². The molecule has 1 aliphatic rings. The molecule has 104 valence electrons. The number of carbonyl (C=O) groups excluding carboxylic acids is 1. The van der Waals surface area contributed by atoms with E-state index in [0.29, 0.717) is 18.5 Å². The summed E-state index contributed by atoms with van der Waals surface area (Å²) >= 11 is 0. The molecule has 1 fully saturated rings. The molecular formula is C16H24N2O. The number of rotatable bonds is 5. The molecule has 0 aliphatic heterocycles. The molecule has 0 bridgehead atoms. The summed E-state index contributed by atoms with van der Waals surface area (Å²) in [7, 11) is 1.85. The van der Waals surface area contributed by atoms with E-state index in [9.17, 15) is 4.79 Å². The second kappa shape index (κ2) is 6.20. The smallest absolute Gasteiger partial charge is 0.236 e. The molecule has 0 saturated heterocycles. The van der Waals surface area contributed by atoms with Crippen LogP contribution in [0.5, 0.6) is 0 Å². The molecule has 1 amide bonds. The highest BCUT2D eigenvalue weighted by Gasteiger charge is 2.30. The lowest BCUT2D eigenvalue weighted by Crippen LogP contribution is -2.45. The zero-order valence-corrected chi connectivity index (χ0v) is 12.1. The first-order valence-corrected chi connectivity index (χ1v) is 7.14. The maximum absolute atomic E-state index is 11.7. The zero-order valence-electron chi connectivity index (χ0n) is 12.1. The minimum atomic E-state index is 0.182. The molecule has 19 heavy (non-hydrogen) atoms. The molecule has 3 nitrogen and oxygen atoms in total. The fourth-order valence-electron chi connectivity index (χ4n) is 2.44. The number of carbonyl (C=O) groups is 1. The van der Waals surface area contributed by atoms with Gasteiger partial charge in [-0.05, 0) is 38.2 Å². The van der Waals surface area contributed by atoms with E-state index in [4.69, 9.17) is 0 Å². The quantitative estimate of drug-likeness (QED) is 0.881. The van der Waals surface area contributed by atoms with Crippen molar-refractivity contribution in [1.82, 2.24) is 10.2 Å². The third kappa shape index (κ3) is 3.57. The van der Waals surface area contributed by atoms with Gasteiger partial charge in [0, 0.05) is 19.6 Å². The van der Waals surface area contributed by atoms with Crippen LogP contribution in [0.1, 0.15) is 36.8 Å². The van der Waals surface area contributed by atoms with Gasteiger partial charge in [-0.15, -0.1) is 0 Å². The minimum absolute atomic E-state index is 0.182. The number of nitrogens with one attached hydrogen (secondary N) is 1. The molecule has 0 heterocycles. The van der Waals surface area contributed by atoms with E-state index >= 15 is 0 Å². The van der Waals surface area contributed by atoms with E-state index in [-0.39, 0.29) is 5.91 Å². The van der Waals surface area contributed by atoms with Crippen molar-refractivity contribution in [2.45, 2.75) is 38.6 Å². The van der Waals surface area contributed by atoms with Crippen molar-refractivity contribution in [2.75, 3.05) is 20.1 Å². The van der Waals surface area contributed by atoms with Crippen molar-refractivity contribution in [3.63, 3.8) is 0 Å². The molecule has 1 aromatic carbocycles. The van der Waals surface area contributed by atoms with Crippen LogP contribution in [-0.4, -0.2) is 37.0 Å². The van der Waals surface area contributed by atoms with Gasteiger partial charge in [0.05, 0.1) is 6.54 Å². The summed E-state index contributed by atoms with van der Waals surface area (Å²) in [5.74, 6) is 0.846. The summed E-state index contributed by atoms with van der Waals surface area (Å²) in [6.45, 7) is 5.35. The third-order valence-corrected chi connectivity index (χ3v) is 4.13. The summed E-state index contributed by atoms with van der Waals surface area (Å²) in [6, 6.07) is 9.31. The number of hydrogen-bond acceptors (Lipinski definition) is 2. The third-order valence-electron chi connectivity index (χ3n) is 4.13. The number of hydrogen-bond donors (Lipinski definition) is 1. The van der Waals surface area contributed by atoms with Gasteiger partial charge in [0.15, 0.2) is 0 Å². The second-order valence-corrected chi connectivity index (χ2v) is 5.56. The lowest BCUT2D eigenvalue weighted by molar-refractivity contribution is -0.129. The zero-order chi connectivity index (χ0) is 13.8. The Morgan fingerprint density at radius 3 is 2.53 bits per heavy atom. The van der Waals surface area contributed by atoms with Crippen LogP contribution >= 0.6 is 0 Å². The van der Waals surface area contributed by atoms with Crippen LogP contribution in [0.15, 0.2) is 24.3 Å². The Kier molecular flexibility index (Phi) is 4.59. The van der Waals surface area contributed by atoms with E-state index in [1.54, 1.807) is 4.90 Å². The highest BCUT2D eigenvalue weighted by Crippen LogP contribution is 2.36. The summed E-state index contributed by atoms with van der Waals surface area (Å²) in [6.07, 6.45) is 2.29. The minimum Gasteiger partial charge on any atom is -0.345 e. The summed E-state index contributed by atoms with van der Waals surface area (Å²) in [4.78, 5) is 13.4. The Balaban J connectivity index is 1.72. The van der Waals surface area contributed by atoms with Crippen LogP contribution in [0.3, 0.4) is 0 Å². The van der Waals surface area contributed by atoms with Crippen molar-refractivity contribution in [1.29, 1.82) is 0 Å². The molecule has 2 rings (SSSR count). The average molecular weight is 260 g/mol. The summed E-state index contributed by atoms with van der Waals surface area (Å²) in [5, 5.41) is 3.35. The number of nitrogens with zero attached hydrogens (tertiary/aromatic N) is 1. The fraction of sp³-hybridized carbons (Fsp3) is 0.562. The molecule has 0 radical (unpaired) electrons. The molecule has 1 aliphatic carbocycles. The van der Waals surface area contributed by atoms with Gasteiger partial charge in [-0.1, -0.05) is 29.8 Å². The van der Waals surface area contributed by atoms with Gasteiger partial charge in [0.25, 0.3) is 0 Å². The lowest BCUT2D eigenvalue weighted by Gasteiger charge is -2.36. The van der Waals surface area contributed by atoms with E-state index < -0.39 is 0 Å². The van der Waals surface area contributed by atoms with Crippen molar-refractivity contribution in [3.05, 3.63) is 35.4 Å². The van der Waals surface area contributed by atoms with Gasteiger partial charge < -0.3 is 10.2 Å². The molecule has 0 spiro atoms. The second-order valence-electron chi connectivity index (χ2n) is 5.56. The van der Waals surface area contributed by atoms with Gasteiger partial charge >= 0.3 is 0 Å². The normalized spacial score (nSPS) is 21.8. The van der Waals surface area contributed by atoms with Gasteiger partial charge in [0.1, 0.15) is 0 Å². The molecule has 0 atom stereocenters. The van der Waals surface area contributed by atoms with Crippen LogP contribution in [-0.2, 0) is 4.79 Å². The predicted octanol–water partition coefficient (Wildman–Crippen LogP) is 2.31. The largest absolute Gasteiger partial charge is 0.345 e. The van der Waals surface area contributed by atoms with Crippen LogP contribution in [0.25, 0.3) is 0 Å². The Bertz CT molecular complexity index is 421. The Morgan fingerprint density at radius 2 is 1.95 bits per heavy atom. The predicted molar refractivity (Wildman–Crippen MR) is 78.3 cm³/mol. The van der Waals surface area contributed by atoms with Crippen molar-refractivity contribution in [2.24, 2.45) is 0 Å². The number of aryl methyl sites for hydroxylation is 1. The first kappa shape index (κ1) is 14.1. The van der Waals surface area contributed by atoms with Gasteiger partial charge in [-0.2, -0.15) is 0 Å². The molecular weight excluding hydrogens is 236 g/mol. The Morgan fingerprint density at radius 1 is 1.32 bits per heavy atom. The molecule has 0 unspecified atom stereocenters. The maximum Gasteiger partial charge on any atom is 0.236 e. The number of amides is 1. The maximum atomic E-state index is 11.7. The molecule has 1 N–H and O–H groups in total. The lowest BCUT2D eigenvalue weighted by atomic mass is 9.76. The molecule has 0 aromatic heterocycles. The van der Waals surface area contributed by atoms with Crippen molar-refractivity contribution < 1.29 is 4.79 Å². The monoisotopic (exact) mass is 260 g/mol. The van der Waals surface area contributed by atoms with Gasteiger partial charge in [-0.25, -0.2) is 0 Å². The van der Waals surface area contributed by atoms with Crippen LogP contribution in [0.2, 0.25) is 0 Å². The first-order valence-electron chi connectivity index (χ1n) is 7.14. The van der Waals surface area contributed by atoms with Crippen LogP contribution in [0, 0.1) is 6.92 Å².